The molecule has 1 aliphatic heterocycles. The summed E-state index contributed by atoms with van der Waals surface area (Å²) in [5, 5.41) is 0.660. The zero-order valence-corrected chi connectivity index (χ0v) is 16.6. The lowest BCUT2D eigenvalue weighted by Gasteiger charge is -2.19. The van der Waals surface area contributed by atoms with Crippen LogP contribution in [-0.4, -0.2) is 17.7 Å². The molecule has 0 N–H and O–H groups in total. The van der Waals surface area contributed by atoms with Crippen molar-refractivity contribution in [3.8, 4) is 11.5 Å². The average molecular weight is 406 g/mol. The van der Waals surface area contributed by atoms with Crippen molar-refractivity contribution in [3.63, 3.8) is 0 Å². The fraction of sp³-hybridized carbons (Fsp3) is 0.182. The number of fused-ring (bicyclic) bond motifs is 2. The second kappa shape index (κ2) is 7.25. The molecule has 0 spiro atoms. The van der Waals surface area contributed by atoms with Crippen LogP contribution in [0.15, 0.2) is 59.2 Å². The van der Waals surface area contributed by atoms with E-state index in [2.05, 4.69) is 6.07 Å². The van der Waals surface area contributed by atoms with E-state index in [0.717, 1.165) is 21.3 Å². The van der Waals surface area contributed by atoms with E-state index in [9.17, 15) is 4.79 Å². The summed E-state index contributed by atoms with van der Waals surface area (Å²) in [5.74, 6) is 2.02. The Morgan fingerprint density at radius 2 is 2.03 bits per heavy atom. The summed E-state index contributed by atoms with van der Waals surface area (Å²) in [4.78, 5) is 19.6. The fourth-order valence-electron chi connectivity index (χ4n) is 3.28. The van der Waals surface area contributed by atoms with Crippen LogP contribution in [0.25, 0.3) is 10.2 Å². The second-order valence-electron chi connectivity index (χ2n) is 6.89. The zero-order chi connectivity index (χ0) is 19.8. The summed E-state index contributed by atoms with van der Waals surface area (Å²) in [7, 11) is 0. The molecule has 29 heavy (non-hydrogen) atoms. The normalized spacial score (nSPS) is 12.4. The van der Waals surface area contributed by atoms with E-state index in [1.807, 2.05) is 49.4 Å². The highest BCUT2D eigenvalue weighted by molar-refractivity contribution is 7.22. The molecule has 0 saturated heterocycles. The molecule has 2 aromatic heterocycles. The van der Waals surface area contributed by atoms with E-state index in [1.165, 1.54) is 11.3 Å². The van der Waals surface area contributed by atoms with Gasteiger partial charge in [0.2, 0.25) is 12.7 Å². The van der Waals surface area contributed by atoms with Crippen LogP contribution in [0.4, 0.5) is 5.13 Å². The van der Waals surface area contributed by atoms with E-state index < -0.39 is 0 Å². The number of hydrogen-bond acceptors (Lipinski definition) is 6. The minimum atomic E-state index is -0.0592. The Labute approximate surface area is 171 Å². The van der Waals surface area contributed by atoms with Crippen LogP contribution >= 0.6 is 11.3 Å². The number of benzene rings is 2. The minimum Gasteiger partial charge on any atom is -0.467 e. The van der Waals surface area contributed by atoms with Gasteiger partial charge in [-0.05, 0) is 54.4 Å². The number of anilines is 1. The lowest BCUT2D eigenvalue weighted by Crippen LogP contribution is -2.31. The van der Waals surface area contributed by atoms with Crippen molar-refractivity contribution in [2.45, 2.75) is 19.9 Å². The van der Waals surface area contributed by atoms with Gasteiger partial charge in [0, 0.05) is 0 Å². The van der Waals surface area contributed by atoms with Gasteiger partial charge in [-0.1, -0.05) is 23.5 Å². The predicted octanol–water partition coefficient (Wildman–Crippen LogP) is 4.70. The Balaban J connectivity index is 1.46. The van der Waals surface area contributed by atoms with E-state index in [-0.39, 0.29) is 19.1 Å². The Morgan fingerprint density at radius 3 is 2.90 bits per heavy atom. The highest BCUT2D eigenvalue weighted by Crippen LogP contribution is 2.34. The lowest BCUT2D eigenvalue weighted by molar-refractivity contribution is -0.118. The van der Waals surface area contributed by atoms with Gasteiger partial charge in [0.15, 0.2) is 16.6 Å². The van der Waals surface area contributed by atoms with Crippen molar-refractivity contribution in [2.24, 2.45) is 0 Å². The maximum atomic E-state index is 13.3. The maximum absolute atomic E-state index is 13.3. The van der Waals surface area contributed by atoms with Crippen LogP contribution in [0.2, 0.25) is 0 Å². The zero-order valence-electron chi connectivity index (χ0n) is 15.8. The third kappa shape index (κ3) is 3.56. The number of carbonyl (C=O) groups is 1. The molecular weight excluding hydrogens is 388 g/mol. The lowest BCUT2D eigenvalue weighted by atomic mass is 10.1. The quantitative estimate of drug-likeness (QED) is 0.481. The Bertz CT molecular complexity index is 1180. The van der Waals surface area contributed by atoms with Crippen molar-refractivity contribution < 1.29 is 18.7 Å². The first-order valence-electron chi connectivity index (χ1n) is 9.24. The maximum Gasteiger partial charge on any atom is 0.233 e. The number of nitrogens with zero attached hydrogens (tertiary/aromatic N) is 2. The van der Waals surface area contributed by atoms with Crippen LogP contribution in [0.5, 0.6) is 11.5 Å². The van der Waals surface area contributed by atoms with Gasteiger partial charge in [0.25, 0.3) is 0 Å². The fourth-order valence-corrected chi connectivity index (χ4v) is 4.36. The molecule has 146 valence electrons. The molecule has 0 radical (unpaired) electrons. The largest absolute Gasteiger partial charge is 0.467 e. The SMILES string of the molecule is Cc1ccc2nc(N(Cc3ccco3)C(=O)Cc3ccc4c(c3)OCO4)sc2c1. The van der Waals surface area contributed by atoms with E-state index in [1.54, 1.807) is 11.2 Å². The summed E-state index contributed by atoms with van der Waals surface area (Å²) in [6.45, 7) is 2.59. The van der Waals surface area contributed by atoms with Crippen LogP contribution in [0.1, 0.15) is 16.9 Å². The van der Waals surface area contributed by atoms with Crippen molar-refractivity contribution in [1.29, 1.82) is 0 Å². The molecule has 5 rings (SSSR count). The van der Waals surface area contributed by atoms with Gasteiger partial charge >= 0.3 is 0 Å². The summed E-state index contributed by atoms with van der Waals surface area (Å²) in [6.07, 6.45) is 1.84. The number of ether oxygens (including phenoxy) is 2. The van der Waals surface area contributed by atoms with Gasteiger partial charge < -0.3 is 13.9 Å². The van der Waals surface area contributed by atoms with Crippen molar-refractivity contribution >= 4 is 32.6 Å². The van der Waals surface area contributed by atoms with Crippen LogP contribution in [0, 0.1) is 6.92 Å². The molecule has 0 atom stereocenters. The standard InChI is InChI=1S/C22H18N2O4S/c1-14-4-6-17-20(9-14)29-22(23-17)24(12-16-3-2-8-26-16)21(25)11-15-5-7-18-19(10-15)28-13-27-18/h2-10H,11-13H2,1H3. The van der Waals surface area contributed by atoms with Crippen LogP contribution in [-0.2, 0) is 17.8 Å². The molecule has 2 aromatic carbocycles. The Kier molecular flexibility index (Phi) is 4.44. The van der Waals surface area contributed by atoms with Gasteiger partial charge in [-0.2, -0.15) is 0 Å². The van der Waals surface area contributed by atoms with Crippen molar-refractivity contribution in [2.75, 3.05) is 11.7 Å². The smallest absolute Gasteiger partial charge is 0.233 e. The van der Waals surface area contributed by atoms with Crippen molar-refractivity contribution in [3.05, 3.63) is 71.7 Å². The van der Waals surface area contributed by atoms with E-state index >= 15 is 0 Å². The van der Waals surface area contributed by atoms with Gasteiger partial charge in [-0.3, -0.25) is 9.69 Å². The third-order valence-electron chi connectivity index (χ3n) is 4.75. The van der Waals surface area contributed by atoms with E-state index in [4.69, 9.17) is 18.9 Å². The van der Waals surface area contributed by atoms with Gasteiger partial charge in [0.05, 0.1) is 29.4 Å². The second-order valence-corrected chi connectivity index (χ2v) is 7.90. The number of hydrogen-bond donors (Lipinski definition) is 0. The summed E-state index contributed by atoms with van der Waals surface area (Å²) >= 11 is 1.51. The number of rotatable bonds is 5. The number of amides is 1. The first-order chi connectivity index (χ1) is 14.2. The van der Waals surface area contributed by atoms with Gasteiger partial charge in [0.1, 0.15) is 5.76 Å². The molecule has 0 bridgehead atoms. The number of furan rings is 1. The molecule has 0 unspecified atom stereocenters. The number of thiazole rings is 1. The van der Waals surface area contributed by atoms with E-state index in [0.29, 0.717) is 28.9 Å². The molecule has 1 amide bonds. The summed E-state index contributed by atoms with van der Waals surface area (Å²) < 4.78 is 17.3. The van der Waals surface area contributed by atoms with Crippen molar-refractivity contribution in [1.82, 2.24) is 4.98 Å². The molecular formula is C22H18N2O4S. The monoisotopic (exact) mass is 406 g/mol. The molecule has 1 aliphatic rings. The molecule has 6 nitrogen and oxygen atoms in total. The van der Waals surface area contributed by atoms with Crippen LogP contribution in [0.3, 0.4) is 0 Å². The molecule has 3 heterocycles. The number of aromatic nitrogens is 1. The molecule has 4 aromatic rings. The molecule has 0 aliphatic carbocycles. The Morgan fingerprint density at radius 1 is 1.14 bits per heavy atom. The van der Waals surface area contributed by atoms with Crippen LogP contribution < -0.4 is 14.4 Å². The third-order valence-corrected chi connectivity index (χ3v) is 5.79. The summed E-state index contributed by atoms with van der Waals surface area (Å²) in [5.41, 5.74) is 2.91. The molecule has 0 saturated carbocycles. The highest BCUT2D eigenvalue weighted by atomic mass is 32.1. The van der Waals surface area contributed by atoms with Gasteiger partial charge in [-0.25, -0.2) is 4.98 Å². The minimum absolute atomic E-state index is 0.0592. The predicted molar refractivity (Wildman–Crippen MR) is 111 cm³/mol. The molecule has 7 heteroatoms. The molecule has 0 fully saturated rings. The first kappa shape index (κ1) is 17.8. The summed E-state index contributed by atoms with van der Waals surface area (Å²) in [6, 6.07) is 15.3. The number of carbonyl (C=O) groups excluding carboxylic acids is 1. The highest BCUT2D eigenvalue weighted by Gasteiger charge is 2.23. The number of aryl methyl sites for hydroxylation is 1. The Hall–Kier alpha value is -3.32. The van der Waals surface area contributed by atoms with Gasteiger partial charge in [-0.15, -0.1) is 0 Å². The topological polar surface area (TPSA) is 64.8 Å². The average Bonchev–Trinajstić information content (AvgIpc) is 3.45. The first-order valence-corrected chi connectivity index (χ1v) is 10.1.